The number of benzene rings is 9. The van der Waals surface area contributed by atoms with Crippen LogP contribution in [0.25, 0.3) is 121 Å². The third-order valence-electron chi connectivity index (χ3n) is 11.8. The second-order valence-corrected chi connectivity index (χ2v) is 15.4. The third kappa shape index (κ3) is 5.77. The van der Waals surface area contributed by atoms with E-state index in [9.17, 15) is 0 Å². The third-order valence-corrected chi connectivity index (χ3v) is 11.8. The molecule has 4 nitrogen and oxygen atoms in total. The Morgan fingerprint density at radius 1 is 0.267 bits per heavy atom. The van der Waals surface area contributed by atoms with Crippen LogP contribution in [0.15, 0.2) is 206 Å². The summed E-state index contributed by atoms with van der Waals surface area (Å²) in [7, 11) is 0. The fourth-order valence-electron chi connectivity index (χ4n) is 8.79. The van der Waals surface area contributed by atoms with E-state index in [1.165, 1.54) is 22.3 Å². The van der Waals surface area contributed by atoms with Crippen LogP contribution in [-0.2, 0) is 0 Å². The highest BCUT2D eigenvalue weighted by molar-refractivity contribution is 6.16. The maximum atomic E-state index is 5.32. The van der Waals surface area contributed by atoms with Gasteiger partial charge in [0.05, 0.1) is 33.5 Å². The second-order valence-electron chi connectivity index (χ2n) is 15.4. The Hall–Kier alpha value is -8.08. The molecule has 60 heavy (non-hydrogen) atoms. The lowest BCUT2D eigenvalue weighted by Crippen LogP contribution is -1.95. The Morgan fingerprint density at radius 3 is 1.57 bits per heavy atom. The van der Waals surface area contributed by atoms with Gasteiger partial charge in [0.2, 0.25) is 0 Å². The lowest BCUT2D eigenvalue weighted by Gasteiger charge is -2.13. The molecule has 9 aromatic carbocycles. The first-order valence-electron chi connectivity index (χ1n) is 20.3. The van der Waals surface area contributed by atoms with E-state index < -0.39 is 0 Å². The molecule has 0 saturated carbocycles. The molecule has 0 aliphatic heterocycles. The first-order valence-corrected chi connectivity index (χ1v) is 20.3. The van der Waals surface area contributed by atoms with Crippen molar-refractivity contribution in [2.24, 2.45) is 0 Å². The van der Waals surface area contributed by atoms with E-state index in [0.717, 1.165) is 93.2 Å². The van der Waals surface area contributed by atoms with E-state index in [4.69, 9.17) is 19.9 Å². The fraction of sp³-hybridized carbons (Fsp3) is 0. The molecule has 0 amide bonds. The molecule has 0 atom stereocenters. The summed E-state index contributed by atoms with van der Waals surface area (Å²) in [5.74, 6) is 0.710. The Morgan fingerprint density at radius 2 is 0.817 bits per heavy atom. The van der Waals surface area contributed by atoms with Gasteiger partial charge in [0.1, 0.15) is 0 Å². The molecule has 0 aliphatic carbocycles. The topological polar surface area (TPSA) is 51.6 Å². The minimum atomic E-state index is 0.710. The van der Waals surface area contributed by atoms with E-state index in [1.807, 2.05) is 12.1 Å². The molecule has 0 unspecified atom stereocenters. The van der Waals surface area contributed by atoms with Gasteiger partial charge in [-0.15, -0.1) is 0 Å². The van der Waals surface area contributed by atoms with Crippen molar-refractivity contribution in [3.05, 3.63) is 206 Å². The SMILES string of the molecule is c1ccc(-c2ccc(-c3nc(-c4ccc5cc6cc(-c7ccc8ccc9c(-c%10ccccc%10)c%10ccccc%10nc9c8n7)ccc6cc5c4)nc4ccccc34)cc2)cc1. The van der Waals surface area contributed by atoms with Gasteiger partial charge >= 0.3 is 0 Å². The van der Waals surface area contributed by atoms with Crippen LogP contribution in [-0.4, -0.2) is 19.9 Å². The van der Waals surface area contributed by atoms with Crippen LogP contribution < -0.4 is 0 Å². The van der Waals surface area contributed by atoms with Crippen LogP contribution in [0.1, 0.15) is 0 Å². The highest BCUT2D eigenvalue weighted by atomic mass is 14.9. The Kier molecular flexibility index (Phi) is 7.82. The van der Waals surface area contributed by atoms with Gasteiger partial charge < -0.3 is 0 Å². The summed E-state index contributed by atoms with van der Waals surface area (Å²) in [5, 5.41) is 8.96. The zero-order valence-electron chi connectivity index (χ0n) is 32.4. The number of hydrogen-bond donors (Lipinski definition) is 0. The first-order chi connectivity index (χ1) is 29.7. The molecule has 0 N–H and O–H groups in total. The highest BCUT2D eigenvalue weighted by Crippen LogP contribution is 2.39. The number of fused-ring (bicyclic) bond motifs is 7. The highest BCUT2D eigenvalue weighted by Gasteiger charge is 2.16. The van der Waals surface area contributed by atoms with E-state index in [0.29, 0.717) is 5.82 Å². The van der Waals surface area contributed by atoms with Gasteiger partial charge in [0.15, 0.2) is 5.82 Å². The van der Waals surface area contributed by atoms with Crippen molar-refractivity contribution in [3.8, 4) is 56.2 Å². The summed E-state index contributed by atoms with van der Waals surface area (Å²) in [6.07, 6.45) is 0. The van der Waals surface area contributed by atoms with Gasteiger partial charge in [-0.3, -0.25) is 0 Å². The number of pyridine rings is 2. The van der Waals surface area contributed by atoms with Crippen molar-refractivity contribution in [3.63, 3.8) is 0 Å². The van der Waals surface area contributed by atoms with Crippen LogP contribution in [0, 0.1) is 0 Å². The van der Waals surface area contributed by atoms with Crippen molar-refractivity contribution in [2.75, 3.05) is 0 Å². The molecule has 4 heteroatoms. The monoisotopic (exact) mass is 762 g/mol. The van der Waals surface area contributed by atoms with Crippen molar-refractivity contribution in [1.82, 2.24) is 19.9 Å². The average Bonchev–Trinajstić information content (AvgIpc) is 3.32. The molecular formula is C56H34N4. The Bertz CT molecular complexity index is 3640. The predicted molar refractivity (Wildman–Crippen MR) is 250 cm³/mol. The van der Waals surface area contributed by atoms with Gasteiger partial charge in [-0.2, -0.15) is 0 Å². The molecule has 3 aromatic heterocycles. The molecule has 278 valence electrons. The van der Waals surface area contributed by atoms with E-state index >= 15 is 0 Å². The standard InChI is InChI=1S/C56H34N4/c1-3-11-35(12-4-1)36-19-21-38(22-20-36)53-47-16-8-10-18-51(47)59-56(60-53)43-26-24-41-31-44-33-42(25-23-40(44)32-45(41)34-43)49-30-28-39-27-29-48-52(37-13-5-2-6-14-37)46-15-7-9-17-50(46)58-55(48)54(39)57-49/h1-34H. The molecule has 0 bridgehead atoms. The largest absolute Gasteiger partial charge is 0.245 e. The van der Waals surface area contributed by atoms with Gasteiger partial charge in [-0.25, -0.2) is 19.9 Å². The number of rotatable bonds is 5. The summed E-state index contributed by atoms with van der Waals surface area (Å²) in [5.41, 5.74) is 13.4. The quantitative estimate of drug-likeness (QED) is 0.129. The molecule has 3 heterocycles. The lowest BCUT2D eigenvalue weighted by molar-refractivity contribution is 1.23. The van der Waals surface area contributed by atoms with E-state index in [1.54, 1.807) is 0 Å². The number of aromatic nitrogens is 4. The molecule has 0 aliphatic rings. The Balaban J connectivity index is 0.927. The van der Waals surface area contributed by atoms with Crippen LogP contribution >= 0.6 is 0 Å². The van der Waals surface area contributed by atoms with Gasteiger partial charge in [0, 0.05) is 43.8 Å². The predicted octanol–water partition coefficient (Wildman–Crippen LogP) is 14.5. The minimum absolute atomic E-state index is 0.710. The molecule has 0 fully saturated rings. The molecule has 0 radical (unpaired) electrons. The number of nitrogens with zero attached hydrogens (tertiary/aromatic N) is 4. The van der Waals surface area contributed by atoms with Crippen molar-refractivity contribution in [2.45, 2.75) is 0 Å². The second kappa shape index (κ2) is 13.8. The maximum absolute atomic E-state index is 5.32. The number of hydrogen-bond acceptors (Lipinski definition) is 4. The van der Waals surface area contributed by atoms with E-state index in [-0.39, 0.29) is 0 Å². The van der Waals surface area contributed by atoms with Crippen LogP contribution in [0.4, 0.5) is 0 Å². The summed E-state index contributed by atoms with van der Waals surface area (Å²) in [4.78, 5) is 20.8. The van der Waals surface area contributed by atoms with Gasteiger partial charge in [-0.1, -0.05) is 164 Å². The van der Waals surface area contributed by atoms with Crippen LogP contribution in [0.5, 0.6) is 0 Å². The van der Waals surface area contributed by atoms with Gasteiger partial charge in [-0.05, 0) is 80.7 Å². The van der Waals surface area contributed by atoms with Crippen molar-refractivity contribution in [1.29, 1.82) is 0 Å². The fourth-order valence-corrected chi connectivity index (χ4v) is 8.79. The summed E-state index contributed by atoms with van der Waals surface area (Å²) in [6.45, 7) is 0. The molecular weight excluding hydrogens is 729 g/mol. The van der Waals surface area contributed by atoms with Crippen LogP contribution in [0.2, 0.25) is 0 Å². The van der Waals surface area contributed by atoms with Crippen molar-refractivity contribution >= 4 is 65.2 Å². The minimum Gasteiger partial charge on any atom is -0.245 e. The zero-order valence-corrected chi connectivity index (χ0v) is 32.4. The summed E-state index contributed by atoms with van der Waals surface area (Å²) < 4.78 is 0. The molecule has 12 aromatic rings. The van der Waals surface area contributed by atoms with Crippen LogP contribution in [0.3, 0.4) is 0 Å². The zero-order chi connectivity index (χ0) is 39.6. The summed E-state index contributed by atoms with van der Waals surface area (Å²) in [6, 6.07) is 72.8. The van der Waals surface area contributed by atoms with E-state index in [2.05, 4.69) is 194 Å². The average molecular weight is 763 g/mol. The first kappa shape index (κ1) is 34.0. The molecule has 0 spiro atoms. The lowest BCUT2D eigenvalue weighted by atomic mass is 9.95. The summed E-state index contributed by atoms with van der Waals surface area (Å²) >= 11 is 0. The molecule has 0 saturated heterocycles. The normalized spacial score (nSPS) is 11.7. The maximum Gasteiger partial charge on any atom is 0.160 e. The number of para-hydroxylation sites is 2. The molecule has 12 rings (SSSR count). The Labute approximate surface area is 346 Å². The van der Waals surface area contributed by atoms with Crippen molar-refractivity contribution < 1.29 is 0 Å². The smallest absolute Gasteiger partial charge is 0.160 e. The van der Waals surface area contributed by atoms with Gasteiger partial charge in [0.25, 0.3) is 0 Å².